The van der Waals surface area contributed by atoms with Gasteiger partial charge in [-0.1, -0.05) is 62.8 Å². The first kappa shape index (κ1) is 17.5. The summed E-state index contributed by atoms with van der Waals surface area (Å²) in [6.45, 7) is 9.11. The van der Waals surface area contributed by atoms with E-state index < -0.39 is 0 Å². The van der Waals surface area contributed by atoms with E-state index in [1.165, 1.54) is 64.2 Å². The Bertz CT molecular complexity index is 206. The predicted molar refractivity (Wildman–Crippen MR) is 85.0 cm³/mol. The molecular weight excluding hydrogens is 216 g/mol. The van der Waals surface area contributed by atoms with Gasteiger partial charge in [0, 0.05) is 0 Å². The zero-order valence-electron chi connectivity index (χ0n) is 13.2. The first-order valence-electron chi connectivity index (χ1n) is 8.02. The lowest BCUT2D eigenvalue weighted by Crippen LogP contribution is -1.83. The molecule has 0 heteroatoms. The van der Waals surface area contributed by atoms with Crippen LogP contribution in [0.1, 0.15) is 91.9 Å². The fourth-order valence-electron chi connectivity index (χ4n) is 2.08. The lowest BCUT2D eigenvalue weighted by molar-refractivity contribution is 0.721. The molecule has 0 unspecified atom stereocenters. The molecule has 0 bridgehead atoms. The van der Waals surface area contributed by atoms with Gasteiger partial charge in [-0.25, -0.2) is 0 Å². The quantitative estimate of drug-likeness (QED) is 0.279. The van der Waals surface area contributed by atoms with Gasteiger partial charge < -0.3 is 0 Å². The summed E-state index contributed by atoms with van der Waals surface area (Å²) in [5, 5.41) is 0. The molecule has 0 aromatic rings. The van der Waals surface area contributed by atoms with E-state index in [0.717, 1.165) is 0 Å². The minimum absolute atomic E-state index is 1.25. The average Bonchev–Trinajstić information content (AvgIpc) is 2.37. The molecule has 0 heterocycles. The summed E-state index contributed by atoms with van der Waals surface area (Å²) in [6, 6.07) is 0. The third-order valence-corrected chi connectivity index (χ3v) is 3.51. The van der Waals surface area contributed by atoms with Crippen molar-refractivity contribution in [3.05, 3.63) is 23.3 Å². The number of unbranched alkanes of at least 4 members (excludes halogenated alkanes) is 6. The molecule has 106 valence electrons. The van der Waals surface area contributed by atoms with Gasteiger partial charge in [0.1, 0.15) is 0 Å². The summed E-state index contributed by atoms with van der Waals surface area (Å²) in [5.41, 5.74) is 3.15. The smallest absolute Gasteiger partial charge is 0.0286 e. The summed E-state index contributed by atoms with van der Waals surface area (Å²) in [4.78, 5) is 0. The fraction of sp³-hybridized carbons (Fsp3) is 0.778. The molecule has 0 radical (unpaired) electrons. The molecule has 0 aliphatic carbocycles. The van der Waals surface area contributed by atoms with Crippen LogP contribution in [0.3, 0.4) is 0 Å². The van der Waals surface area contributed by atoms with Crippen LogP contribution in [0.2, 0.25) is 0 Å². The molecule has 0 aliphatic rings. The van der Waals surface area contributed by atoms with Crippen LogP contribution >= 0.6 is 0 Å². The van der Waals surface area contributed by atoms with Crippen molar-refractivity contribution < 1.29 is 0 Å². The van der Waals surface area contributed by atoms with Crippen LogP contribution in [0.15, 0.2) is 23.3 Å². The van der Waals surface area contributed by atoms with Crippen molar-refractivity contribution in [2.45, 2.75) is 91.9 Å². The lowest BCUT2D eigenvalue weighted by atomic mass is 10.0. The second kappa shape index (κ2) is 12.9. The van der Waals surface area contributed by atoms with Gasteiger partial charge in [-0.15, -0.1) is 0 Å². The topological polar surface area (TPSA) is 0 Å². The molecule has 0 rings (SSSR count). The summed E-state index contributed by atoms with van der Waals surface area (Å²) >= 11 is 0. The molecular formula is C18H34. The molecule has 0 atom stereocenters. The van der Waals surface area contributed by atoms with Gasteiger partial charge in [0.2, 0.25) is 0 Å². The molecule has 0 N–H and O–H groups in total. The van der Waals surface area contributed by atoms with Crippen molar-refractivity contribution in [1.29, 1.82) is 0 Å². The van der Waals surface area contributed by atoms with Crippen LogP contribution in [0, 0.1) is 0 Å². The van der Waals surface area contributed by atoms with Crippen LogP contribution in [-0.4, -0.2) is 0 Å². The van der Waals surface area contributed by atoms with Crippen LogP contribution in [0.5, 0.6) is 0 Å². The molecule has 0 aromatic carbocycles. The van der Waals surface area contributed by atoms with E-state index in [9.17, 15) is 0 Å². The number of rotatable bonds is 11. The molecule has 0 aromatic heterocycles. The minimum atomic E-state index is 1.25. The third kappa shape index (κ3) is 12.0. The van der Waals surface area contributed by atoms with Crippen molar-refractivity contribution in [3.63, 3.8) is 0 Å². The maximum absolute atomic E-state index is 2.44. The summed E-state index contributed by atoms with van der Waals surface area (Å²) in [6.07, 6.45) is 18.1. The Kier molecular flexibility index (Phi) is 12.6. The second-order valence-electron chi connectivity index (χ2n) is 5.59. The molecule has 0 fully saturated rings. The molecule has 18 heavy (non-hydrogen) atoms. The highest BCUT2D eigenvalue weighted by molar-refractivity contribution is 5.05. The minimum Gasteiger partial charge on any atom is -0.0856 e. The van der Waals surface area contributed by atoms with Crippen molar-refractivity contribution in [3.8, 4) is 0 Å². The standard InChI is InChI=1S/C18H34/c1-5-7-9-11-13-17(3)15-16-18(4)14-12-10-8-6-2/h13-14H,5-12,15-16H2,1-4H3/b17-13-,18-14-. The monoisotopic (exact) mass is 250 g/mol. The highest BCUT2D eigenvalue weighted by atomic mass is 14.0. The maximum atomic E-state index is 2.44. The number of hydrogen-bond donors (Lipinski definition) is 0. The SMILES string of the molecule is CCCCC/C=C(/C)CC/C(C)=C\CCCCC. The van der Waals surface area contributed by atoms with E-state index in [2.05, 4.69) is 39.8 Å². The molecule has 0 spiro atoms. The average molecular weight is 250 g/mol. The van der Waals surface area contributed by atoms with Crippen LogP contribution in [0.25, 0.3) is 0 Å². The third-order valence-electron chi connectivity index (χ3n) is 3.51. The highest BCUT2D eigenvalue weighted by Gasteiger charge is 1.94. The number of allylic oxidation sites excluding steroid dienone is 4. The van der Waals surface area contributed by atoms with E-state index in [1.807, 2.05) is 0 Å². The predicted octanol–water partition coefficient (Wildman–Crippen LogP) is 6.82. The van der Waals surface area contributed by atoms with Gasteiger partial charge in [-0.3, -0.25) is 0 Å². The van der Waals surface area contributed by atoms with Gasteiger partial charge in [-0.05, 0) is 52.4 Å². The summed E-state index contributed by atoms with van der Waals surface area (Å²) < 4.78 is 0. The zero-order chi connectivity index (χ0) is 13.6. The highest BCUT2D eigenvalue weighted by Crippen LogP contribution is 2.14. The zero-order valence-corrected chi connectivity index (χ0v) is 13.2. The number of hydrogen-bond acceptors (Lipinski definition) is 0. The summed E-state index contributed by atoms with van der Waals surface area (Å²) in [5.74, 6) is 0. The van der Waals surface area contributed by atoms with Crippen LogP contribution in [-0.2, 0) is 0 Å². The normalized spacial score (nSPS) is 13.1. The Balaban J connectivity index is 3.65. The molecule has 0 saturated heterocycles. The lowest BCUT2D eigenvalue weighted by Gasteiger charge is -2.03. The van der Waals surface area contributed by atoms with E-state index in [4.69, 9.17) is 0 Å². The van der Waals surface area contributed by atoms with Crippen molar-refractivity contribution in [2.75, 3.05) is 0 Å². The fourth-order valence-corrected chi connectivity index (χ4v) is 2.08. The Hall–Kier alpha value is -0.520. The van der Waals surface area contributed by atoms with Gasteiger partial charge >= 0.3 is 0 Å². The Morgan fingerprint density at radius 2 is 1.06 bits per heavy atom. The van der Waals surface area contributed by atoms with Crippen molar-refractivity contribution >= 4 is 0 Å². The Morgan fingerprint density at radius 1 is 0.667 bits per heavy atom. The Morgan fingerprint density at radius 3 is 1.39 bits per heavy atom. The second-order valence-corrected chi connectivity index (χ2v) is 5.59. The van der Waals surface area contributed by atoms with Crippen LogP contribution < -0.4 is 0 Å². The van der Waals surface area contributed by atoms with E-state index in [0.29, 0.717) is 0 Å². The first-order valence-corrected chi connectivity index (χ1v) is 8.02. The maximum Gasteiger partial charge on any atom is -0.0286 e. The molecule has 0 nitrogen and oxygen atoms in total. The molecule has 0 saturated carbocycles. The van der Waals surface area contributed by atoms with E-state index >= 15 is 0 Å². The van der Waals surface area contributed by atoms with Gasteiger partial charge in [-0.2, -0.15) is 0 Å². The van der Waals surface area contributed by atoms with Gasteiger partial charge in [0.15, 0.2) is 0 Å². The van der Waals surface area contributed by atoms with E-state index in [-0.39, 0.29) is 0 Å². The molecule has 0 amide bonds. The largest absolute Gasteiger partial charge is 0.0856 e. The van der Waals surface area contributed by atoms with Gasteiger partial charge in [0.05, 0.1) is 0 Å². The summed E-state index contributed by atoms with van der Waals surface area (Å²) in [7, 11) is 0. The van der Waals surface area contributed by atoms with Crippen LogP contribution in [0.4, 0.5) is 0 Å². The Labute approximate surface area is 116 Å². The van der Waals surface area contributed by atoms with Gasteiger partial charge in [0.25, 0.3) is 0 Å². The first-order chi connectivity index (χ1) is 8.70. The van der Waals surface area contributed by atoms with E-state index in [1.54, 1.807) is 11.1 Å². The van der Waals surface area contributed by atoms with Crippen molar-refractivity contribution in [2.24, 2.45) is 0 Å². The molecule has 0 aliphatic heterocycles. The van der Waals surface area contributed by atoms with Crippen molar-refractivity contribution in [1.82, 2.24) is 0 Å².